The van der Waals surface area contributed by atoms with Gasteiger partial charge < -0.3 is 20.3 Å². The van der Waals surface area contributed by atoms with Crippen LogP contribution in [-0.4, -0.2) is 65.3 Å². The van der Waals surface area contributed by atoms with Crippen molar-refractivity contribution in [1.29, 1.82) is 0 Å². The maximum absolute atomic E-state index is 11.3. The Balaban J connectivity index is -0.000000473. The average molecular weight is 510 g/mol. The highest BCUT2D eigenvalue weighted by Gasteiger charge is 2.11. The largest absolute Gasteiger partial charge is 0.508 e. The predicted molar refractivity (Wildman–Crippen MR) is 131 cm³/mol. The number of pyridine rings is 1. The SMILES string of the molecule is CNc1[nH]n(Cc2ccc(C)nc2)c1C=O.COCNCCCO.F.F.OC1=CCCC(OF)=C1.[HH]. The van der Waals surface area contributed by atoms with Crippen molar-refractivity contribution in [2.75, 3.05) is 39.4 Å². The van der Waals surface area contributed by atoms with Crippen LogP contribution in [0.25, 0.3) is 0 Å². The number of methoxy groups -OCH3 is 1. The molecule has 1 aliphatic carbocycles. The normalized spacial score (nSPS) is 11.7. The van der Waals surface area contributed by atoms with Gasteiger partial charge in [-0.25, -0.2) is 0 Å². The highest BCUT2D eigenvalue weighted by Crippen LogP contribution is 2.16. The molecule has 0 bridgehead atoms. The van der Waals surface area contributed by atoms with Gasteiger partial charge in [-0.05, 0) is 44.0 Å². The standard InChI is InChI=1S/C11H14N4O.C6H7FO2.C5H13NO2.2FH.H2/c1-8-3-4-9(5-13-8)6-15-10(7-16)11(12-2)14-15;7-9-6-3-1-2-5(8)4-6;1-8-5-6-3-2-4-7;;;/h3-5,7,12,14H,6H2,1-2H3;2,4,8H,1,3H2;6-7H,2-5H2,1H3;3*1H. The van der Waals surface area contributed by atoms with E-state index in [0.29, 0.717) is 31.8 Å². The molecule has 2 aromatic heterocycles. The van der Waals surface area contributed by atoms with Crippen LogP contribution in [0.5, 0.6) is 0 Å². The minimum absolute atomic E-state index is 0. The number of nitrogens with one attached hydrogen (secondary N) is 3. The molecule has 35 heavy (non-hydrogen) atoms. The number of anilines is 1. The van der Waals surface area contributed by atoms with Crippen LogP contribution >= 0.6 is 0 Å². The number of carbonyl (C=O) groups is 1. The number of ether oxygens (including phenoxy) is 1. The van der Waals surface area contributed by atoms with Gasteiger partial charge in [0.1, 0.15) is 17.3 Å². The number of aromatic amines is 1. The third-order valence-electron chi connectivity index (χ3n) is 4.38. The van der Waals surface area contributed by atoms with E-state index in [0.717, 1.165) is 36.3 Å². The smallest absolute Gasteiger partial charge is 0.171 e. The number of nitrogens with zero attached hydrogens (tertiary/aromatic N) is 2. The molecule has 2 heterocycles. The lowest BCUT2D eigenvalue weighted by molar-refractivity contribution is -0.0874. The number of hydrogen-bond donors (Lipinski definition) is 5. The van der Waals surface area contributed by atoms with Gasteiger partial charge in [0.2, 0.25) is 0 Å². The van der Waals surface area contributed by atoms with Crippen LogP contribution in [0.4, 0.5) is 19.8 Å². The van der Waals surface area contributed by atoms with Gasteiger partial charge in [-0.1, -0.05) is 6.07 Å². The van der Waals surface area contributed by atoms with Gasteiger partial charge in [0.05, 0.1) is 13.3 Å². The number of hydrogen-bond acceptors (Lipinski definition) is 8. The van der Waals surface area contributed by atoms with E-state index >= 15 is 0 Å². The summed E-state index contributed by atoms with van der Waals surface area (Å²) in [5, 5.41) is 25.9. The van der Waals surface area contributed by atoms with Crippen molar-refractivity contribution >= 4 is 12.1 Å². The molecule has 0 saturated carbocycles. The Kier molecular flexibility index (Phi) is 19.5. The summed E-state index contributed by atoms with van der Waals surface area (Å²) in [6.45, 7) is 4.22. The zero-order valence-electron chi connectivity index (χ0n) is 20.1. The van der Waals surface area contributed by atoms with Crippen LogP contribution in [0, 0.1) is 6.92 Å². The first-order valence-corrected chi connectivity index (χ1v) is 10.5. The number of H-pyrrole nitrogens is 1. The molecule has 0 amide bonds. The van der Waals surface area contributed by atoms with Gasteiger partial charge in [0, 0.05) is 51.1 Å². The van der Waals surface area contributed by atoms with Crippen molar-refractivity contribution in [2.45, 2.75) is 32.7 Å². The van der Waals surface area contributed by atoms with Crippen molar-refractivity contribution in [2.24, 2.45) is 0 Å². The molecular formula is C22H38F3N5O5. The molecule has 0 spiro atoms. The Morgan fingerprint density at radius 1 is 1.37 bits per heavy atom. The number of aliphatic hydroxyl groups is 2. The Bertz CT molecular complexity index is 870. The summed E-state index contributed by atoms with van der Waals surface area (Å²) >= 11 is 0. The first-order valence-electron chi connectivity index (χ1n) is 10.5. The molecule has 202 valence electrons. The number of aromatic nitrogens is 3. The number of rotatable bonds is 10. The van der Waals surface area contributed by atoms with Crippen molar-refractivity contribution in [3.05, 3.63) is 59.0 Å². The van der Waals surface area contributed by atoms with E-state index in [2.05, 4.69) is 25.7 Å². The molecule has 1 aliphatic rings. The Labute approximate surface area is 203 Å². The van der Waals surface area contributed by atoms with Crippen molar-refractivity contribution < 1.29 is 40.0 Å². The molecule has 0 aromatic carbocycles. The molecule has 3 rings (SSSR count). The predicted octanol–water partition coefficient (Wildman–Crippen LogP) is 3.54. The lowest BCUT2D eigenvalue weighted by atomic mass is 10.1. The first kappa shape index (κ1) is 33.9. The maximum atomic E-state index is 11.3. The van der Waals surface area contributed by atoms with E-state index in [1.54, 1.807) is 24.9 Å². The van der Waals surface area contributed by atoms with Gasteiger partial charge in [0.25, 0.3) is 0 Å². The van der Waals surface area contributed by atoms with E-state index in [-0.39, 0.29) is 29.0 Å². The Morgan fingerprint density at radius 3 is 2.60 bits per heavy atom. The third kappa shape index (κ3) is 13.2. The van der Waals surface area contributed by atoms with Crippen molar-refractivity contribution in [1.82, 2.24) is 20.1 Å². The van der Waals surface area contributed by atoms with Crippen LogP contribution in [0.3, 0.4) is 0 Å². The highest BCUT2D eigenvalue weighted by atomic mass is 19.3. The van der Waals surface area contributed by atoms with Crippen LogP contribution < -0.4 is 10.6 Å². The molecule has 0 fully saturated rings. The number of allylic oxidation sites excluding steroid dienone is 3. The van der Waals surface area contributed by atoms with Gasteiger partial charge in [-0.15, -0.1) is 0 Å². The third-order valence-corrected chi connectivity index (χ3v) is 4.38. The average Bonchev–Trinajstić information content (AvgIpc) is 2.81. The summed E-state index contributed by atoms with van der Waals surface area (Å²) in [4.78, 5) is 18.4. The minimum Gasteiger partial charge on any atom is -0.508 e. The summed E-state index contributed by atoms with van der Waals surface area (Å²) in [5.41, 5.74) is 2.69. The quantitative estimate of drug-likeness (QED) is 0.187. The number of aryl methyl sites for hydroxylation is 1. The van der Waals surface area contributed by atoms with Gasteiger partial charge >= 0.3 is 0 Å². The summed E-state index contributed by atoms with van der Waals surface area (Å²) in [6, 6.07) is 3.96. The molecule has 13 heteroatoms. The van der Waals surface area contributed by atoms with Crippen molar-refractivity contribution in [3.63, 3.8) is 0 Å². The van der Waals surface area contributed by atoms with Crippen LogP contribution in [-0.2, 0) is 16.2 Å². The van der Waals surface area contributed by atoms with E-state index in [1.165, 1.54) is 6.08 Å². The van der Waals surface area contributed by atoms with Crippen LogP contribution in [0.2, 0.25) is 0 Å². The topological polar surface area (TPSA) is 134 Å². The zero-order chi connectivity index (χ0) is 24.5. The minimum atomic E-state index is 0. The van der Waals surface area contributed by atoms with Gasteiger partial charge in [0.15, 0.2) is 12.0 Å². The lowest BCUT2D eigenvalue weighted by Gasteiger charge is -2.19. The molecule has 0 radical (unpaired) electrons. The maximum Gasteiger partial charge on any atom is 0.171 e. The van der Waals surface area contributed by atoms with Crippen molar-refractivity contribution in [3.8, 4) is 0 Å². The van der Waals surface area contributed by atoms with E-state index in [4.69, 9.17) is 14.9 Å². The molecule has 0 unspecified atom stereocenters. The fourth-order valence-corrected chi connectivity index (χ4v) is 2.64. The first-order chi connectivity index (χ1) is 16.0. The number of aldehydes is 1. The lowest BCUT2D eigenvalue weighted by Crippen LogP contribution is -2.20. The fourth-order valence-electron chi connectivity index (χ4n) is 2.64. The summed E-state index contributed by atoms with van der Waals surface area (Å²) in [7, 11) is 3.41. The number of aliphatic hydroxyl groups excluding tert-OH is 2. The second kappa shape index (κ2) is 20.1. The molecule has 0 saturated heterocycles. The molecule has 2 aromatic rings. The summed E-state index contributed by atoms with van der Waals surface area (Å²) in [6.07, 6.45) is 7.50. The van der Waals surface area contributed by atoms with Crippen LogP contribution in [0.15, 0.2) is 42.0 Å². The molecular weight excluding hydrogens is 471 g/mol. The zero-order valence-corrected chi connectivity index (χ0v) is 20.1. The summed E-state index contributed by atoms with van der Waals surface area (Å²) < 4.78 is 17.8. The van der Waals surface area contributed by atoms with E-state index in [1.807, 2.05) is 25.3 Å². The Hall–Kier alpha value is -3.29. The highest BCUT2D eigenvalue weighted by molar-refractivity contribution is 5.81. The summed E-state index contributed by atoms with van der Waals surface area (Å²) in [5.74, 6) is 1.03. The van der Waals surface area contributed by atoms with E-state index < -0.39 is 0 Å². The molecule has 5 N–H and O–H groups in total. The number of carbonyl (C=O) groups excluding carboxylic acids is 1. The Morgan fingerprint density at radius 2 is 2.11 bits per heavy atom. The molecule has 0 aliphatic heterocycles. The van der Waals surface area contributed by atoms with E-state index in [9.17, 15) is 9.32 Å². The van der Waals surface area contributed by atoms with Gasteiger partial charge in [-0.3, -0.25) is 39.2 Å². The fraction of sp³-hybridized carbons (Fsp3) is 0.455. The van der Waals surface area contributed by atoms with Gasteiger partial charge in [-0.2, -0.15) is 0 Å². The molecule has 10 nitrogen and oxygen atoms in total. The number of halogens is 3. The van der Waals surface area contributed by atoms with Crippen LogP contribution in [0.1, 0.15) is 42.4 Å². The second-order valence-corrected chi connectivity index (χ2v) is 7.00. The monoisotopic (exact) mass is 509 g/mol. The molecule has 0 atom stereocenters. The second-order valence-electron chi connectivity index (χ2n) is 7.00.